The monoisotopic (exact) mass is 455 g/mol. The molecule has 0 unspecified atom stereocenters. The average molecular weight is 456 g/mol. The van der Waals surface area contributed by atoms with Gasteiger partial charge in [0.15, 0.2) is 12.4 Å². The van der Waals surface area contributed by atoms with Gasteiger partial charge in [-0.25, -0.2) is 8.78 Å². The van der Waals surface area contributed by atoms with Crippen LogP contribution in [0.1, 0.15) is 33.6 Å². The van der Waals surface area contributed by atoms with Crippen LogP contribution in [0.5, 0.6) is 0 Å². The van der Waals surface area contributed by atoms with Crippen LogP contribution in [-0.4, -0.2) is 42.3 Å². The predicted octanol–water partition coefficient (Wildman–Crippen LogP) is 4.55. The fraction of sp³-hybridized carbons (Fsp3) is 0.286. The van der Waals surface area contributed by atoms with Gasteiger partial charge in [-0.3, -0.25) is 14.4 Å². The predicted molar refractivity (Wildman–Crippen MR) is 107 cm³/mol. The minimum Gasteiger partial charge on any atom is -0.457 e. The fourth-order valence-corrected chi connectivity index (χ4v) is 3.46. The summed E-state index contributed by atoms with van der Waals surface area (Å²) in [5.41, 5.74) is 0.0589. The summed E-state index contributed by atoms with van der Waals surface area (Å²) >= 11 is 11.7. The van der Waals surface area contributed by atoms with Crippen LogP contribution in [0.25, 0.3) is 0 Å². The van der Waals surface area contributed by atoms with Crippen molar-refractivity contribution in [3.8, 4) is 0 Å². The lowest BCUT2D eigenvalue weighted by molar-refractivity contribution is -0.148. The van der Waals surface area contributed by atoms with Crippen LogP contribution in [0.2, 0.25) is 10.0 Å². The molecule has 9 heteroatoms. The number of hydrogen-bond acceptors (Lipinski definition) is 4. The summed E-state index contributed by atoms with van der Waals surface area (Å²) in [4.78, 5) is 38.2. The lowest BCUT2D eigenvalue weighted by Gasteiger charge is -2.31. The molecule has 1 saturated heterocycles. The molecule has 2 aromatic carbocycles. The van der Waals surface area contributed by atoms with Crippen LogP contribution >= 0.6 is 23.2 Å². The molecule has 0 aromatic heterocycles. The van der Waals surface area contributed by atoms with Crippen molar-refractivity contribution in [3.63, 3.8) is 0 Å². The van der Waals surface area contributed by atoms with Gasteiger partial charge in [0, 0.05) is 24.7 Å². The van der Waals surface area contributed by atoms with Gasteiger partial charge in [0.2, 0.25) is 0 Å². The van der Waals surface area contributed by atoms with Crippen LogP contribution in [-0.2, 0) is 9.53 Å². The van der Waals surface area contributed by atoms with E-state index < -0.39 is 41.8 Å². The topological polar surface area (TPSA) is 63.7 Å². The highest BCUT2D eigenvalue weighted by Crippen LogP contribution is 2.24. The van der Waals surface area contributed by atoms with Gasteiger partial charge < -0.3 is 9.64 Å². The normalized spacial score (nSPS) is 14.5. The van der Waals surface area contributed by atoms with Gasteiger partial charge in [-0.2, -0.15) is 0 Å². The molecule has 0 saturated carbocycles. The maximum atomic E-state index is 13.8. The third-order valence-corrected chi connectivity index (χ3v) is 5.60. The molecule has 0 aliphatic carbocycles. The number of esters is 1. The number of ketones is 1. The van der Waals surface area contributed by atoms with E-state index in [0.717, 1.165) is 12.1 Å². The van der Waals surface area contributed by atoms with Gasteiger partial charge >= 0.3 is 5.97 Å². The minimum atomic E-state index is -0.928. The molecule has 1 heterocycles. The summed E-state index contributed by atoms with van der Waals surface area (Å²) in [5, 5.41) is 0.538. The van der Waals surface area contributed by atoms with E-state index in [0.29, 0.717) is 23.9 Å². The molecule has 1 amide bonds. The summed E-state index contributed by atoms with van der Waals surface area (Å²) in [6.07, 6.45) is 0.628. The smallest absolute Gasteiger partial charge is 0.309 e. The Balaban J connectivity index is 1.50. The Morgan fingerprint density at radius 1 is 1.00 bits per heavy atom. The highest BCUT2D eigenvalue weighted by molar-refractivity contribution is 6.42. The Bertz CT molecular complexity index is 991. The SMILES string of the molecule is O=C(COC(=O)C1CCN(C(=O)c2ccc(F)cc2F)CC1)c1ccc(Cl)c(Cl)c1. The molecule has 1 fully saturated rings. The molecule has 0 spiro atoms. The van der Waals surface area contributed by atoms with Crippen molar-refractivity contribution in [3.05, 3.63) is 69.2 Å². The Morgan fingerprint density at radius 2 is 1.70 bits per heavy atom. The highest BCUT2D eigenvalue weighted by Gasteiger charge is 2.30. The zero-order valence-corrected chi connectivity index (χ0v) is 17.2. The van der Waals surface area contributed by atoms with E-state index in [1.807, 2.05) is 0 Å². The fourth-order valence-electron chi connectivity index (χ4n) is 3.16. The summed E-state index contributed by atoms with van der Waals surface area (Å²) in [6.45, 7) is 0.00302. The first-order chi connectivity index (χ1) is 14.3. The lowest BCUT2D eigenvalue weighted by Crippen LogP contribution is -2.41. The zero-order chi connectivity index (χ0) is 21.8. The first-order valence-electron chi connectivity index (χ1n) is 9.15. The second-order valence-corrected chi connectivity index (χ2v) is 7.66. The largest absolute Gasteiger partial charge is 0.457 e. The van der Waals surface area contributed by atoms with E-state index >= 15 is 0 Å². The third kappa shape index (κ3) is 5.15. The van der Waals surface area contributed by atoms with Crippen LogP contribution in [0, 0.1) is 17.6 Å². The van der Waals surface area contributed by atoms with Gasteiger partial charge in [-0.05, 0) is 43.2 Å². The van der Waals surface area contributed by atoms with Gasteiger partial charge in [0.25, 0.3) is 5.91 Å². The zero-order valence-electron chi connectivity index (χ0n) is 15.7. The Hall–Kier alpha value is -2.51. The number of Topliss-reactive ketones (excluding diaryl/α,β-unsaturated/α-hetero) is 1. The standard InChI is InChI=1S/C21H17Cl2F2NO4/c22-16-4-1-13(9-17(16)23)19(27)11-30-21(29)12-5-7-26(8-6-12)20(28)15-3-2-14(24)10-18(15)25/h1-4,9-10,12H,5-8,11H2. The Morgan fingerprint density at radius 3 is 2.33 bits per heavy atom. The van der Waals surface area contributed by atoms with Crippen molar-refractivity contribution in [1.29, 1.82) is 0 Å². The molecule has 0 bridgehead atoms. The maximum absolute atomic E-state index is 13.8. The third-order valence-electron chi connectivity index (χ3n) is 4.86. The molecular weight excluding hydrogens is 439 g/mol. The minimum absolute atomic E-state index is 0.218. The van der Waals surface area contributed by atoms with Crippen molar-refractivity contribution < 1.29 is 27.9 Å². The number of halogens is 4. The highest BCUT2D eigenvalue weighted by atomic mass is 35.5. The van der Waals surface area contributed by atoms with Crippen LogP contribution in [0.15, 0.2) is 36.4 Å². The Labute approximate surface area is 181 Å². The summed E-state index contributed by atoms with van der Waals surface area (Å²) in [5.74, 6) is -3.68. The summed E-state index contributed by atoms with van der Waals surface area (Å²) in [6, 6.07) is 7.15. The number of piperidine rings is 1. The summed E-state index contributed by atoms with van der Waals surface area (Å²) in [7, 11) is 0. The van der Waals surface area contributed by atoms with Crippen molar-refractivity contribution in [2.75, 3.05) is 19.7 Å². The lowest BCUT2D eigenvalue weighted by atomic mass is 9.96. The molecule has 0 N–H and O–H groups in total. The number of carbonyl (C=O) groups excluding carboxylic acids is 3. The summed E-state index contributed by atoms with van der Waals surface area (Å²) < 4.78 is 31.9. The molecular formula is C21H17Cl2F2NO4. The molecule has 0 atom stereocenters. The van der Waals surface area contributed by atoms with Crippen molar-refractivity contribution in [2.45, 2.75) is 12.8 Å². The van der Waals surface area contributed by atoms with Gasteiger partial charge in [0.1, 0.15) is 11.6 Å². The second-order valence-electron chi connectivity index (χ2n) is 6.85. The quantitative estimate of drug-likeness (QED) is 0.489. The number of likely N-dealkylation sites (tertiary alicyclic amines) is 1. The number of benzene rings is 2. The number of hydrogen-bond donors (Lipinski definition) is 0. The van der Waals surface area contributed by atoms with Crippen LogP contribution in [0.3, 0.4) is 0 Å². The second kappa shape index (κ2) is 9.53. The Kier molecular flexibility index (Phi) is 7.05. The molecule has 30 heavy (non-hydrogen) atoms. The molecule has 1 aliphatic rings. The molecule has 158 valence electrons. The van der Waals surface area contributed by atoms with Gasteiger partial charge in [0.05, 0.1) is 21.5 Å². The van der Waals surface area contributed by atoms with E-state index in [1.54, 1.807) is 0 Å². The first kappa shape index (κ1) is 22.2. The van der Waals surface area contributed by atoms with Gasteiger partial charge in [-0.1, -0.05) is 23.2 Å². The number of amides is 1. The number of nitrogens with zero attached hydrogens (tertiary/aromatic N) is 1. The molecule has 5 nitrogen and oxygen atoms in total. The van der Waals surface area contributed by atoms with E-state index in [1.165, 1.54) is 23.1 Å². The molecule has 0 radical (unpaired) electrons. The van der Waals surface area contributed by atoms with Gasteiger partial charge in [-0.15, -0.1) is 0 Å². The van der Waals surface area contributed by atoms with E-state index in [9.17, 15) is 23.2 Å². The molecule has 1 aliphatic heterocycles. The van der Waals surface area contributed by atoms with Crippen molar-refractivity contribution in [1.82, 2.24) is 4.90 Å². The molecule has 3 rings (SSSR count). The van der Waals surface area contributed by atoms with E-state index in [2.05, 4.69) is 0 Å². The maximum Gasteiger partial charge on any atom is 0.309 e. The van der Waals surface area contributed by atoms with Crippen molar-refractivity contribution in [2.24, 2.45) is 5.92 Å². The number of ether oxygens (including phenoxy) is 1. The van der Waals surface area contributed by atoms with E-state index in [4.69, 9.17) is 27.9 Å². The van der Waals surface area contributed by atoms with Crippen LogP contribution < -0.4 is 0 Å². The average Bonchev–Trinajstić information content (AvgIpc) is 2.73. The van der Waals surface area contributed by atoms with Crippen LogP contribution in [0.4, 0.5) is 8.78 Å². The van der Waals surface area contributed by atoms with E-state index in [-0.39, 0.29) is 29.2 Å². The van der Waals surface area contributed by atoms with Crippen molar-refractivity contribution >= 4 is 40.9 Å². The first-order valence-corrected chi connectivity index (χ1v) is 9.91. The number of carbonyl (C=O) groups is 3. The number of rotatable bonds is 5. The molecule has 2 aromatic rings.